The SMILES string of the molecule is Cc1cccc(NC(=NC2CC(C)(C)NC(C)(C)C2)n2sc(C)cc2=N)c1. The molecule has 0 atom stereocenters. The fraction of sp³-hybridized carbons (Fsp3) is 0.524. The fourth-order valence-electron chi connectivity index (χ4n) is 4.15. The van der Waals surface area contributed by atoms with Gasteiger partial charge in [-0.1, -0.05) is 23.7 Å². The molecule has 3 rings (SSSR count). The maximum absolute atomic E-state index is 8.34. The molecule has 1 aromatic carbocycles. The summed E-state index contributed by atoms with van der Waals surface area (Å²) in [5, 5.41) is 15.5. The van der Waals surface area contributed by atoms with Gasteiger partial charge in [-0.15, -0.1) is 0 Å². The van der Waals surface area contributed by atoms with Gasteiger partial charge in [0.1, 0.15) is 5.49 Å². The van der Waals surface area contributed by atoms with Crippen LogP contribution in [0.3, 0.4) is 0 Å². The van der Waals surface area contributed by atoms with Crippen molar-refractivity contribution in [3.8, 4) is 0 Å². The van der Waals surface area contributed by atoms with Gasteiger partial charge in [0, 0.05) is 21.6 Å². The number of nitrogens with one attached hydrogen (secondary N) is 3. The first kappa shape index (κ1) is 19.8. The van der Waals surface area contributed by atoms with Crippen LogP contribution in [0.5, 0.6) is 0 Å². The zero-order valence-corrected chi connectivity index (χ0v) is 18.0. The number of rotatable bonds is 2. The van der Waals surface area contributed by atoms with Crippen molar-refractivity contribution in [1.29, 1.82) is 5.41 Å². The van der Waals surface area contributed by atoms with E-state index < -0.39 is 0 Å². The summed E-state index contributed by atoms with van der Waals surface area (Å²) in [6, 6.07) is 10.3. The van der Waals surface area contributed by atoms with Crippen LogP contribution in [0.2, 0.25) is 0 Å². The normalized spacial score (nSPS) is 19.9. The number of hydrogen-bond acceptors (Lipinski definition) is 4. The van der Waals surface area contributed by atoms with E-state index in [9.17, 15) is 0 Å². The third-order valence-corrected chi connectivity index (χ3v) is 5.69. The number of aliphatic imine (C=N–C) groups is 1. The van der Waals surface area contributed by atoms with E-state index in [0.29, 0.717) is 5.49 Å². The lowest BCUT2D eigenvalue weighted by molar-refractivity contribution is 0.164. The van der Waals surface area contributed by atoms with E-state index in [1.54, 1.807) is 11.5 Å². The third-order valence-electron chi connectivity index (χ3n) is 4.73. The van der Waals surface area contributed by atoms with E-state index in [2.05, 4.69) is 57.4 Å². The monoisotopic (exact) mass is 385 g/mol. The molecule has 2 heterocycles. The largest absolute Gasteiger partial charge is 0.325 e. The lowest BCUT2D eigenvalue weighted by Crippen LogP contribution is -2.59. The Bertz CT molecular complexity index is 887. The fourth-order valence-corrected chi connectivity index (χ4v) is 4.93. The quantitative estimate of drug-likeness (QED) is 0.534. The third kappa shape index (κ3) is 5.08. The van der Waals surface area contributed by atoms with Crippen molar-refractivity contribution < 1.29 is 0 Å². The van der Waals surface area contributed by atoms with Crippen LogP contribution >= 0.6 is 11.5 Å². The lowest BCUT2D eigenvalue weighted by Gasteiger charge is -2.45. The van der Waals surface area contributed by atoms with Crippen LogP contribution in [-0.4, -0.2) is 27.0 Å². The van der Waals surface area contributed by atoms with Gasteiger partial charge in [0.2, 0.25) is 5.96 Å². The van der Waals surface area contributed by atoms with Crippen molar-refractivity contribution in [3.63, 3.8) is 0 Å². The van der Waals surface area contributed by atoms with Crippen molar-refractivity contribution in [2.75, 3.05) is 5.32 Å². The number of aryl methyl sites for hydroxylation is 2. The minimum absolute atomic E-state index is 0.0319. The van der Waals surface area contributed by atoms with Crippen LogP contribution in [0.4, 0.5) is 5.69 Å². The zero-order valence-electron chi connectivity index (χ0n) is 17.2. The van der Waals surface area contributed by atoms with Gasteiger partial charge in [-0.3, -0.25) is 5.41 Å². The highest BCUT2D eigenvalue weighted by atomic mass is 32.1. The topological polar surface area (TPSA) is 65.2 Å². The van der Waals surface area contributed by atoms with Gasteiger partial charge in [0.25, 0.3) is 0 Å². The molecule has 3 N–H and O–H groups in total. The second-order valence-corrected chi connectivity index (χ2v) is 10.1. The molecule has 0 aliphatic carbocycles. The molecule has 1 saturated heterocycles. The molecule has 1 aliphatic rings. The van der Waals surface area contributed by atoms with E-state index in [0.717, 1.165) is 29.4 Å². The van der Waals surface area contributed by atoms with Gasteiger partial charge in [-0.25, -0.2) is 8.95 Å². The average Bonchev–Trinajstić information content (AvgIpc) is 2.82. The molecule has 1 aromatic heterocycles. The first-order valence-electron chi connectivity index (χ1n) is 9.49. The molecule has 146 valence electrons. The summed E-state index contributed by atoms with van der Waals surface area (Å²) in [4.78, 5) is 6.22. The maximum atomic E-state index is 8.34. The molecule has 5 nitrogen and oxygen atoms in total. The smallest absolute Gasteiger partial charge is 0.218 e. The Balaban J connectivity index is 2.00. The lowest BCUT2D eigenvalue weighted by atomic mass is 9.80. The Kier molecular flexibility index (Phi) is 5.32. The summed E-state index contributed by atoms with van der Waals surface area (Å²) in [5.74, 6) is 0.738. The molecule has 27 heavy (non-hydrogen) atoms. The average molecular weight is 386 g/mol. The minimum atomic E-state index is 0.0319. The first-order valence-corrected chi connectivity index (χ1v) is 10.3. The molecule has 0 spiro atoms. The molecular formula is C21H31N5S. The standard InChI is InChI=1S/C21H31N5S/c1-14-8-7-9-16(10-14)23-19(26-18(22)11-15(2)27-26)24-17-12-20(3,4)25-21(5,6)13-17/h7-11,17,22,25H,12-13H2,1-6H3,(H,23,24). The van der Waals surface area contributed by atoms with E-state index in [1.165, 1.54) is 5.56 Å². The van der Waals surface area contributed by atoms with Crippen LogP contribution in [0, 0.1) is 19.3 Å². The van der Waals surface area contributed by atoms with Crippen LogP contribution < -0.4 is 16.1 Å². The highest BCUT2D eigenvalue weighted by Crippen LogP contribution is 2.30. The van der Waals surface area contributed by atoms with Gasteiger partial charge < -0.3 is 10.6 Å². The molecule has 0 radical (unpaired) electrons. The summed E-state index contributed by atoms with van der Waals surface area (Å²) in [7, 11) is 0. The maximum Gasteiger partial charge on any atom is 0.218 e. The summed E-state index contributed by atoms with van der Waals surface area (Å²) in [6.07, 6.45) is 1.93. The van der Waals surface area contributed by atoms with Gasteiger partial charge in [-0.05, 0) is 78.1 Å². The van der Waals surface area contributed by atoms with E-state index in [1.807, 2.05) is 29.1 Å². The van der Waals surface area contributed by atoms with Crippen LogP contribution in [0.25, 0.3) is 0 Å². The van der Waals surface area contributed by atoms with Crippen LogP contribution in [0.1, 0.15) is 51.0 Å². The molecule has 6 heteroatoms. The predicted octanol–water partition coefficient (Wildman–Crippen LogP) is 4.27. The van der Waals surface area contributed by atoms with Crippen molar-refractivity contribution in [2.45, 2.75) is 71.5 Å². The molecule has 1 fully saturated rings. The van der Waals surface area contributed by atoms with Gasteiger partial charge in [-0.2, -0.15) is 0 Å². The summed E-state index contributed by atoms with van der Waals surface area (Å²) < 4.78 is 1.89. The second-order valence-electron chi connectivity index (χ2n) is 8.93. The van der Waals surface area contributed by atoms with Crippen molar-refractivity contribution in [1.82, 2.24) is 9.27 Å². The predicted molar refractivity (Wildman–Crippen MR) is 115 cm³/mol. The Hall–Kier alpha value is -1.92. The number of anilines is 1. The van der Waals surface area contributed by atoms with Crippen LogP contribution in [0.15, 0.2) is 35.3 Å². The molecule has 0 unspecified atom stereocenters. The number of aromatic nitrogens is 1. The molecular weight excluding hydrogens is 354 g/mol. The Morgan fingerprint density at radius 2 is 1.85 bits per heavy atom. The van der Waals surface area contributed by atoms with Crippen molar-refractivity contribution >= 4 is 23.2 Å². The van der Waals surface area contributed by atoms with E-state index >= 15 is 0 Å². The molecule has 0 bridgehead atoms. The Morgan fingerprint density at radius 3 is 2.41 bits per heavy atom. The van der Waals surface area contributed by atoms with Gasteiger partial charge in [0.05, 0.1) is 6.04 Å². The number of piperidine rings is 1. The number of benzene rings is 1. The molecule has 0 saturated carbocycles. The van der Waals surface area contributed by atoms with Gasteiger partial charge >= 0.3 is 0 Å². The number of hydrogen-bond donors (Lipinski definition) is 3. The van der Waals surface area contributed by atoms with Crippen molar-refractivity contribution in [3.05, 3.63) is 46.3 Å². The highest BCUT2D eigenvalue weighted by Gasteiger charge is 2.37. The van der Waals surface area contributed by atoms with Crippen molar-refractivity contribution in [2.24, 2.45) is 4.99 Å². The van der Waals surface area contributed by atoms with Crippen LogP contribution in [-0.2, 0) is 0 Å². The minimum Gasteiger partial charge on any atom is -0.325 e. The Labute approximate surface area is 166 Å². The molecule has 2 aromatic rings. The summed E-state index contributed by atoms with van der Waals surface area (Å²) in [5.41, 5.74) is 2.72. The van der Waals surface area contributed by atoms with E-state index in [4.69, 9.17) is 10.4 Å². The van der Waals surface area contributed by atoms with Gasteiger partial charge in [0.15, 0.2) is 0 Å². The second kappa shape index (κ2) is 7.24. The van der Waals surface area contributed by atoms with E-state index in [-0.39, 0.29) is 17.1 Å². The molecule has 0 amide bonds. The molecule has 1 aliphatic heterocycles. The first-order chi connectivity index (χ1) is 12.5. The highest BCUT2D eigenvalue weighted by molar-refractivity contribution is 7.07. The number of nitrogens with zero attached hydrogens (tertiary/aromatic N) is 2. The zero-order chi connectivity index (χ0) is 19.8. The summed E-state index contributed by atoms with van der Waals surface area (Å²) in [6.45, 7) is 13.1. The summed E-state index contributed by atoms with van der Waals surface area (Å²) >= 11 is 1.55. The Morgan fingerprint density at radius 1 is 1.19 bits per heavy atom.